The Hall–Kier alpha value is -2.76. The number of thiocarbonyl (C=S) groups is 1. The van der Waals surface area contributed by atoms with Crippen LogP contribution in [0.2, 0.25) is 5.02 Å². The fraction of sp³-hybridized carbons (Fsp3) is 0.0909. The molecule has 1 aromatic heterocycles. The van der Waals surface area contributed by atoms with Gasteiger partial charge in [-0.1, -0.05) is 29.9 Å². The second kappa shape index (κ2) is 8.50. The molecular weight excluding hydrogens is 395 g/mol. The molecule has 2 N–H and O–H groups in total. The lowest BCUT2D eigenvalue weighted by atomic mass is 10.1. The van der Waals surface area contributed by atoms with Crippen molar-refractivity contribution in [3.05, 3.63) is 94.5 Å². The number of nitrogens with zero attached hydrogens (tertiary/aromatic N) is 1. The van der Waals surface area contributed by atoms with Gasteiger partial charge in [-0.2, -0.15) is 4.57 Å². The third-order valence-corrected chi connectivity index (χ3v) is 4.98. The van der Waals surface area contributed by atoms with Gasteiger partial charge in [-0.25, -0.2) is 4.39 Å². The van der Waals surface area contributed by atoms with Crippen LogP contribution in [-0.4, -0.2) is 10.1 Å². The van der Waals surface area contributed by atoms with Gasteiger partial charge in [0.25, 0.3) is 5.70 Å². The summed E-state index contributed by atoms with van der Waals surface area (Å²) < 4.78 is 15.0. The predicted octanol–water partition coefficient (Wildman–Crippen LogP) is 5.71. The first kappa shape index (κ1) is 20.0. The summed E-state index contributed by atoms with van der Waals surface area (Å²) >= 11 is 11.8. The number of aliphatic hydroxyl groups excluding tert-OH is 1. The molecule has 0 radical (unpaired) electrons. The van der Waals surface area contributed by atoms with Crippen molar-refractivity contribution in [1.82, 2.24) is 0 Å². The molecule has 0 amide bonds. The Morgan fingerprint density at radius 2 is 1.79 bits per heavy atom. The van der Waals surface area contributed by atoms with E-state index in [1.54, 1.807) is 16.8 Å². The Balaban J connectivity index is 2.10. The van der Waals surface area contributed by atoms with Gasteiger partial charge in [0.05, 0.1) is 0 Å². The average Bonchev–Trinajstić information content (AvgIpc) is 2.66. The highest BCUT2D eigenvalue weighted by Gasteiger charge is 2.24. The minimum absolute atomic E-state index is 0.0622. The molecule has 0 aliphatic rings. The first-order valence-corrected chi connectivity index (χ1v) is 9.39. The van der Waals surface area contributed by atoms with Crippen LogP contribution < -0.4 is 9.88 Å². The Morgan fingerprint density at radius 3 is 2.46 bits per heavy atom. The maximum Gasteiger partial charge on any atom is 0.288 e. The summed E-state index contributed by atoms with van der Waals surface area (Å²) in [6, 6.07) is 14.9. The summed E-state index contributed by atoms with van der Waals surface area (Å²) in [5.74, 6) is -0.440. The quantitative estimate of drug-likeness (QED) is 0.249. The number of rotatable bonds is 4. The lowest BCUT2D eigenvalue weighted by Crippen LogP contribution is -2.38. The highest BCUT2D eigenvalue weighted by atomic mass is 35.5. The number of halogens is 2. The molecule has 3 aromatic rings. The van der Waals surface area contributed by atoms with Crippen molar-refractivity contribution in [2.45, 2.75) is 13.8 Å². The first-order valence-electron chi connectivity index (χ1n) is 8.61. The molecular formula is C22H19ClFN2OS+. The number of benzene rings is 2. The minimum atomic E-state index is -0.378. The van der Waals surface area contributed by atoms with Gasteiger partial charge in [0.15, 0.2) is 23.1 Å². The van der Waals surface area contributed by atoms with Crippen LogP contribution in [-0.2, 0) is 0 Å². The third-order valence-electron chi connectivity index (χ3n) is 4.28. The monoisotopic (exact) mass is 413 g/mol. The summed E-state index contributed by atoms with van der Waals surface area (Å²) in [7, 11) is 0. The van der Waals surface area contributed by atoms with E-state index in [0.717, 1.165) is 16.8 Å². The molecule has 0 fully saturated rings. The van der Waals surface area contributed by atoms with Gasteiger partial charge in [-0.05, 0) is 61.9 Å². The maximum atomic E-state index is 13.3. The smallest absolute Gasteiger partial charge is 0.288 e. The highest BCUT2D eigenvalue weighted by Crippen LogP contribution is 2.25. The zero-order valence-electron chi connectivity index (χ0n) is 15.4. The van der Waals surface area contributed by atoms with E-state index in [4.69, 9.17) is 23.8 Å². The van der Waals surface area contributed by atoms with E-state index in [1.165, 1.54) is 24.3 Å². The molecule has 0 bridgehead atoms. The average molecular weight is 414 g/mol. The predicted molar refractivity (Wildman–Crippen MR) is 116 cm³/mol. The molecule has 0 saturated carbocycles. The van der Waals surface area contributed by atoms with Crippen molar-refractivity contribution < 1.29 is 14.1 Å². The number of hydrogen-bond donors (Lipinski definition) is 2. The molecule has 2 aromatic carbocycles. The molecule has 28 heavy (non-hydrogen) atoms. The summed E-state index contributed by atoms with van der Waals surface area (Å²) in [6.45, 7) is 3.83. The Morgan fingerprint density at radius 1 is 1.07 bits per heavy atom. The van der Waals surface area contributed by atoms with E-state index in [9.17, 15) is 9.50 Å². The normalized spacial score (nSPS) is 11.7. The topological polar surface area (TPSA) is 36.1 Å². The van der Waals surface area contributed by atoms with E-state index in [-0.39, 0.29) is 11.6 Å². The van der Waals surface area contributed by atoms with Crippen molar-refractivity contribution in [2.75, 3.05) is 5.32 Å². The van der Waals surface area contributed by atoms with E-state index in [2.05, 4.69) is 5.32 Å². The molecule has 0 aliphatic heterocycles. The number of hydrogen-bond acceptors (Lipinski definition) is 2. The number of pyridine rings is 1. The fourth-order valence-electron chi connectivity index (χ4n) is 2.75. The van der Waals surface area contributed by atoms with Gasteiger partial charge in [0.1, 0.15) is 5.82 Å². The Kier molecular flexibility index (Phi) is 6.07. The number of aromatic nitrogens is 1. The zero-order valence-corrected chi connectivity index (χ0v) is 17.0. The molecule has 0 atom stereocenters. The van der Waals surface area contributed by atoms with E-state index < -0.39 is 0 Å². The number of nitrogens with one attached hydrogen (secondary N) is 1. The fourth-order valence-corrected chi connectivity index (χ4v) is 3.23. The van der Waals surface area contributed by atoms with Crippen LogP contribution in [0.15, 0.2) is 67.0 Å². The number of anilines is 1. The van der Waals surface area contributed by atoms with E-state index in [0.29, 0.717) is 21.3 Å². The zero-order chi connectivity index (χ0) is 20.3. The summed E-state index contributed by atoms with van der Waals surface area (Å²) in [6.07, 6.45) is 3.65. The molecule has 142 valence electrons. The molecule has 1 heterocycles. The largest absolute Gasteiger partial charge is 0.502 e. The maximum absolute atomic E-state index is 13.3. The lowest BCUT2D eigenvalue weighted by Gasteiger charge is -2.13. The van der Waals surface area contributed by atoms with Crippen LogP contribution in [0.1, 0.15) is 16.7 Å². The third kappa shape index (κ3) is 4.38. The second-order valence-corrected chi connectivity index (χ2v) is 7.17. The highest BCUT2D eigenvalue weighted by molar-refractivity contribution is 7.81. The van der Waals surface area contributed by atoms with Crippen LogP contribution in [0.4, 0.5) is 10.1 Å². The van der Waals surface area contributed by atoms with Gasteiger partial charge >= 0.3 is 0 Å². The molecule has 3 nitrogen and oxygen atoms in total. The van der Waals surface area contributed by atoms with E-state index >= 15 is 0 Å². The molecule has 3 rings (SSSR count). The van der Waals surface area contributed by atoms with Crippen LogP contribution >= 0.6 is 23.8 Å². The SMILES string of the molecule is Cc1ccc[n+](/C(C(=S)Nc2cccc(Cl)c2C)=C(/O)c2ccc(F)cc2)c1. The molecule has 0 aliphatic carbocycles. The first-order chi connectivity index (χ1) is 13.4. The molecule has 0 unspecified atom stereocenters. The van der Waals surface area contributed by atoms with Crippen molar-refractivity contribution >= 4 is 46.0 Å². The molecule has 0 spiro atoms. The number of aryl methyl sites for hydroxylation is 1. The van der Waals surface area contributed by atoms with Crippen molar-refractivity contribution in [1.29, 1.82) is 0 Å². The van der Waals surface area contributed by atoms with Crippen LogP contribution in [0.25, 0.3) is 11.5 Å². The van der Waals surface area contributed by atoms with Crippen molar-refractivity contribution in [3.8, 4) is 0 Å². The standard InChI is InChI=1S/C22H18ClFN2OS/c1-14-5-4-12-26(13-14)20(21(27)16-8-10-17(24)11-9-16)22(28)25-19-7-3-6-18(23)15(19)2/h3-13H,1-2H3,(H-,25,27,28)/p+1. The molecule has 0 saturated heterocycles. The van der Waals surface area contributed by atoms with Crippen molar-refractivity contribution in [2.24, 2.45) is 0 Å². The molecule has 6 heteroatoms. The van der Waals surface area contributed by atoms with Gasteiger partial charge in [-0.3, -0.25) is 0 Å². The van der Waals surface area contributed by atoms with Gasteiger partial charge in [-0.15, -0.1) is 0 Å². The van der Waals surface area contributed by atoms with Gasteiger partial charge in [0, 0.05) is 27.9 Å². The van der Waals surface area contributed by atoms with Gasteiger partial charge < -0.3 is 10.4 Å². The van der Waals surface area contributed by atoms with Gasteiger partial charge in [0.2, 0.25) is 0 Å². The number of aliphatic hydroxyl groups is 1. The summed E-state index contributed by atoms with van der Waals surface area (Å²) in [4.78, 5) is 0.308. The Labute approximate surface area is 173 Å². The van der Waals surface area contributed by atoms with Crippen LogP contribution in [0, 0.1) is 19.7 Å². The minimum Gasteiger partial charge on any atom is -0.502 e. The van der Waals surface area contributed by atoms with Crippen molar-refractivity contribution in [3.63, 3.8) is 0 Å². The summed E-state index contributed by atoms with van der Waals surface area (Å²) in [5, 5.41) is 14.8. The summed E-state index contributed by atoms with van der Waals surface area (Å²) in [5.41, 5.74) is 3.42. The van der Waals surface area contributed by atoms with Crippen LogP contribution in [0.5, 0.6) is 0 Å². The lowest BCUT2D eigenvalue weighted by molar-refractivity contribution is -0.576. The van der Waals surface area contributed by atoms with E-state index in [1.807, 2.05) is 44.3 Å². The van der Waals surface area contributed by atoms with Crippen LogP contribution in [0.3, 0.4) is 0 Å². The Bertz CT molecular complexity index is 1060. The second-order valence-electron chi connectivity index (χ2n) is 6.36.